The van der Waals surface area contributed by atoms with Crippen LogP contribution < -0.4 is 19.1 Å². The largest absolute Gasteiger partial charge is 0.497 e. The molecule has 0 bridgehead atoms. The molecule has 0 fully saturated rings. The Morgan fingerprint density at radius 1 is 0.938 bits per heavy atom. The van der Waals surface area contributed by atoms with Gasteiger partial charge in [0, 0.05) is 10.7 Å². The van der Waals surface area contributed by atoms with Crippen LogP contribution in [0.5, 0.6) is 17.2 Å². The van der Waals surface area contributed by atoms with Crippen molar-refractivity contribution in [2.75, 3.05) is 25.2 Å². The molecular weight excluding hydrogens is 426 g/mol. The molecule has 0 unspecified atom stereocenters. The van der Waals surface area contributed by atoms with Crippen LogP contribution >= 0.6 is 11.6 Å². The Morgan fingerprint density at radius 3 is 2.16 bits per heavy atom. The second kappa shape index (κ2) is 9.53. The van der Waals surface area contributed by atoms with E-state index in [0.29, 0.717) is 29.7 Å². The van der Waals surface area contributed by atoms with Crippen LogP contribution in [0.2, 0.25) is 5.02 Å². The van der Waals surface area contributed by atoms with E-state index in [0.717, 1.165) is 28.1 Å². The molecule has 0 spiro atoms. The van der Waals surface area contributed by atoms with Gasteiger partial charge in [-0.1, -0.05) is 23.7 Å². The second-order valence-corrected chi connectivity index (χ2v) is 7.89. The number of rotatable bonds is 7. The number of hydrogen-bond acceptors (Lipinski definition) is 4. The number of hydrogen-bond donors (Lipinski definition) is 0. The number of fused-ring (bicyclic) bond motifs is 1. The van der Waals surface area contributed by atoms with E-state index in [4.69, 9.17) is 25.8 Å². The summed E-state index contributed by atoms with van der Waals surface area (Å²) in [5.74, 6) is 2.08. The summed E-state index contributed by atoms with van der Waals surface area (Å²) >= 11 is 6.16. The molecule has 6 heteroatoms. The topological polar surface area (TPSA) is 48.0 Å². The van der Waals surface area contributed by atoms with Crippen molar-refractivity contribution in [1.82, 2.24) is 0 Å². The Labute approximate surface area is 193 Å². The molecule has 1 atom stereocenters. The Kier molecular flexibility index (Phi) is 6.56. The molecule has 0 N–H and O–H groups in total. The molecule has 3 aromatic rings. The minimum Gasteiger partial charge on any atom is -0.497 e. The van der Waals surface area contributed by atoms with E-state index in [1.54, 1.807) is 7.11 Å². The summed E-state index contributed by atoms with van der Waals surface area (Å²) in [6.07, 6.45) is 0.276. The van der Waals surface area contributed by atoms with E-state index in [1.165, 1.54) is 0 Å². The molecular formula is C26H26ClNO4. The second-order valence-electron chi connectivity index (χ2n) is 7.46. The van der Waals surface area contributed by atoms with Gasteiger partial charge in [-0.05, 0) is 79.1 Å². The van der Waals surface area contributed by atoms with Crippen LogP contribution in [-0.2, 0) is 11.2 Å². The van der Waals surface area contributed by atoms with Gasteiger partial charge in [0.2, 0.25) is 5.91 Å². The zero-order chi connectivity index (χ0) is 22.7. The molecule has 0 radical (unpaired) electrons. The first-order valence-electron chi connectivity index (χ1n) is 10.7. The van der Waals surface area contributed by atoms with Crippen LogP contribution in [0.4, 0.5) is 5.69 Å². The van der Waals surface area contributed by atoms with Crippen molar-refractivity contribution < 1.29 is 19.0 Å². The number of methoxy groups -OCH3 is 1. The monoisotopic (exact) mass is 451 g/mol. The maximum absolute atomic E-state index is 13.4. The van der Waals surface area contributed by atoms with Crippen molar-refractivity contribution in [2.45, 2.75) is 26.3 Å². The Hall–Kier alpha value is -3.18. The van der Waals surface area contributed by atoms with E-state index in [-0.39, 0.29) is 18.4 Å². The number of ether oxygens (including phenoxy) is 3. The van der Waals surface area contributed by atoms with Gasteiger partial charge in [0.25, 0.3) is 0 Å². The van der Waals surface area contributed by atoms with Gasteiger partial charge in [-0.3, -0.25) is 4.79 Å². The van der Waals surface area contributed by atoms with E-state index >= 15 is 0 Å². The van der Waals surface area contributed by atoms with Gasteiger partial charge in [0.15, 0.2) is 11.5 Å². The quantitative estimate of drug-likeness (QED) is 0.453. The summed E-state index contributed by atoms with van der Waals surface area (Å²) in [6, 6.07) is 18.8. The Morgan fingerprint density at radius 2 is 1.56 bits per heavy atom. The summed E-state index contributed by atoms with van der Waals surface area (Å²) < 4.78 is 17.0. The smallest absolute Gasteiger partial charge is 0.232 e. The number of amides is 1. The lowest BCUT2D eigenvalue weighted by molar-refractivity contribution is -0.118. The predicted molar refractivity (Wildman–Crippen MR) is 126 cm³/mol. The lowest BCUT2D eigenvalue weighted by Crippen LogP contribution is -2.41. The van der Waals surface area contributed by atoms with Gasteiger partial charge in [-0.25, -0.2) is 0 Å². The fraction of sp³-hybridized carbons (Fsp3) is 0.269. The van der Waals surface area contributed by atoms with Gasteiger partial charge >= 0.3 is 0 Å². The third kappa shape index (κ3) is 4.26. The van der Waals surface area contributed by atoms with Crippen LogP contribution in [0.25, 0.3) is 0 Å². The highest BCUT2D eigenvalue weighted by Gasteiger charge is 2.36. The van der Waals surface area contributed by atoms with Gasteiger partial charge < -0.3 is 19.1 Å². The first-order chi connectivity index (χ1) is 15.5. The summed E-state index contributed by atoms with van der Waals surface area (Å²) in [7, 11) is 1.62. The normalized spacial score (nSPS) is 15.3. The molecule has 0 saturated carbocycles. The van der Waals surface area contributed by atoms with Crippen LogP contribution in [-0.4, -0.2) is 26.2 Å². The average Bonchev–Trinajstić information content (AvgIpc) is 2.80. The van der Waals surface area contributed by atoms with Gasteiger partial charge in [-0.2, -0.15) is 0 Å². The summed E-state index contributed by atoms with van der Waals surface area (Å²) in [5, 5.41) is 0.647. The molecule has 1 aliphatic rings. The number of carbonyl (C=O) groups excluding carboxylic acids is 1. The van der Waals surface area contributed by atoms with E-state index in [2.05, 4.69) is 0 Å². The minimum atomic E-state index is -0.327. The van der Waals surface area contributed by atoms with Gasteiger partial charge in [0.1, 0.15) is 5.75 Å². The third-order valence-electron chi connectivity index (χ3n) is 5.50. The van der Waals surface area contributed by atoms with E-state index in [9.17, 15) is 4.79 Å². The summed E-state index contributed by atoms with van der Waals surface area (Å²) in [5.41, 5.74) is 3.71. The molecule has 5 nitrogen and oxygen atoms in total. The van der Waals surface area contributed by atoms with Crippen molar-refractivity contribution in [3.63, 3.8) is 0 Å². The fourth-order valence-corrected chi connectivity index (χ4v) is 4.23. The molecule has 0 aromatic heterocycles. The molecule has 1 amide bonds. The summed E-state index contributed by atoms with van der Waals surface area (Å²) in [6.45, 7) is 4.91. The summed E-state index contributed by atoms with van der Waals surface area (Å²) in [4.78, 5) is 15.3. The number of halogens is 1. The molecule has 4 rings (SSSR count). The average molecular weight is 452 g/mol. The fourth-order valence-electron chi connectivity index (χ4n) is 4.10. The predicted octanol–water partition coefficient (Wildman–Crippen LogP) is 5.82. The van der Waals surface area contributed by atoms with Crippen molar-refractivity contribution in [2.24, 2.45) is 0 Å². The first-order valence-corrected chi connectivity index (χ1v) is 11.1. The van der Waals surface area contributed by atoms with Crippen LogP contribution in [0, 0.1) is 0 Å². The molecule has 0 aliphatic carbocycles. The first kappa shape index (κ1) is 22.0. The van der Waals surface area contributed by atoms with Crippen molar-refractivity contribution in [1.29, 1.82) is 0 Å². The lowest BCUT2D eigenvalue weighted by atomic mass is 9.87. The zero-order valence-electron chi connectivity index (χ0n) is 18.4. The third-order valence-corrected chi connectivity index (χ3v) is 5.76. The Bertz CT molecular complexity index is 1100. The van der Waals surface area contributed by atoms with Crippen molar-refractivity contribution in [3.8, 4) is 17.2 Å². The van der Waals surface area contributed by atoms with E-state index < -0.39 is 0 Å². The molecule has 1 aliphatic heterocycles. The zero-order valence-corrected chi connectivity index (χ0v) is 19.2. The molecule has 166 valence electrons. The van der Waals surface area contributed by atoms with Gasteiger partial charge in [-0.15, -0.1) is 0 Å². The van der Waals surface area contributed by atoms with Crippen LogP contribution in [0.3, 0.4) is 0 Å². The number of benzene rings is 3. The SMILES string of the molecule is CCOc1cc2c(cc1OCC)[C@@H](c1ccc(Cl)cc1)N(c1ccc(OC)cc1)C(=O)C2. The maximum atomic E-state index is 13.4. The standard InChI is InChI=1S/C26H26ClNO4/c1-4-31-23-14-18-15-25(29)28(20-10-12-21(30-3)13-11-20)26(17-6-8-19(27)9-7-17)22(18)16-24(23)32-5-2/h6-14,16,26H,4-5,15H2,1-3H3/t26-/m1/s1. The highest BCUT2D eigenvalue weighted by molar-refractivity contribution is 6.30. The number of anilines is 1. The minimum absolute atomic E-state index is 0.00854. The Balaban J connectivity index is 1.89. The number of carbonyl (C=O) groups is 1. The molecule has 3 aromatic carbocycles. The lowest BCUT2D eigenvalue weighted by Gasteiger charge is -2.38. The molecule has 0 saturated heterocycles. The van der Waals surface area contributed by atoms with Gasteiger partial charge in [0.05, 0.1) is 32.8 Å². The maximum Gasteiger partial charge on any atom is 0.232 e. The van der Waals surface area contributed by atoms with Crippen molar-refractivity contribution >= 4 is 23.2 Å². The highest BCUT2D eigenvalue weighted by Crippen LogP contribution is 2.43. The molecule has 1 heterocycles. The number of nitrogens with zero attached hydrogens (tertiary/aromatic N) is 1. The highest BCUT2D eigenvalue weighted by atomic mass is 35.5. The molecule has 32 heavy (non-hydrogen) atoms. The van der Waals surface area contributed by atoms with E-state index in [1.807, 2.05) is 79.4 Å². The van der Waals surface area contributed by atoms with Crippen LogP contribution in [0.1, 0.15) is 36.6 Å². The van der Waals surface area contributed by atoms with Crippen LogP contribution in [0.15, 0.2) is 60.7 Å². The van der Waals surface area contributed by atoms with Crippen molar-refractivity contribution in [3.05, 3.63) is 82.4 Å².